The van der Waals surface area contributed by atoms with Crippen LogP contribution < -0.4 is 0 Å². The second-order valence-corrected chi connectivity index (χ2v) is 2.74. The van der Waals surface area contributed by atoms with E-state index in [0.29, 0.717) is 5.56 Å². The average Bonchev–Trinajstić information content (AvgIpc) is 2.06. The topological polar surface area (TPSA) is 32.6 Å². The third-order valence-electron chi connectivity index (χ3n) is 1.51. The van der Waals surface area contributed by atoms with Crippen molar-refractivity contribution in [1.29, 1.82) is 0 Å². The van der Waals surface area contributed by atoms with Gasteiger partial charge in [-0.2, -0.15) is 0 Å². The molecule has 0 aromatic heterocycles. The first kappa shape index (κ1) is 9.00. The fourth-order valence-electron chi connectivity index (χ4n) is 0.854. The van der Waals surface area contributed by atoms with Gasteiger partial charge in [-0.1, -0.05) is 22.8 Å². The minimum atomic E-state index is -0.458. The van der Waals surface area contributed by atoms with E-state index in [2.05, 4.69) is 5.16 Å². The van der Waals surface area contributed by atoms with E-state index >= 15 is 0 Å². The molecule has 2 nitrogen and oxygen atoms in total. The maximum atomic E-state index is 13.2. The summed E-state index contributed by atoms with van der Waals surface area (Å²) in [7, 11) is 0. The lowest BCUT2D eigenvalue weighted by molar-refractivity contribution is 0.321. The van der Waals surface area contributed by atoms with E-state index in [4.69, 9.17) is 16.8 Å². The van der Waals surface area contributed by atoms with E-state index in [0.717, 1.165) is 6.21 Å². The molecule has 0 amide bonds. The van der Waals surface area contributed by atoms with Gasteiger partial charge in [-0.15, -0.1) is 0 Å². The Bertz CT molecular complexity index is 325. The highest BCUT2D eigenvalue weighted by Gasteiger charge is 2.07. The molecule has 0 bridgehead atoms. The molecule has 0 spiro atoms. The summed E-state index contributed by atoms with van der Waals surface area (Å²) < 4.78 is 13.2. The van der Waals surface area contributed by atoms with Gasteiger partial charge < -0.3 is 5.21 Å². The molecule has 4 heteroatoms. The van der Waals surface area contributed by atoms with Crippen molar-refractivity contribution < 1.29 is 9.60 Å². The van der Waals surface area contributed by atoms with Crippen LogP contribution in [0.4, 0.5) is 4.39 Å². The smallest absolute Gasteiger partial charge is 0.136 e. The van der Waals surface area contributed by atoms with Crippen LogP contribution in [-0.2, 0) is 0 Å². The lowest BCUT2D eigenvalue weighted by Crippen LogP contribution is -1.93. The monoisotopic (exact) mass is 187 g/mol. The number of oxime groups is 1. The van der Waals surface area contributed by atoms with Gasteiger partial charge in [0.15, 0.2) is 0 Å². The zero-order chi connectivity index (χ0) is 9.14. The van der Waals surface area contributed by atoms with Crippen LogP contribution in [0.1, 0.15) is 11.1 Å². The number of benzene rings is 1. The first-order valence-electron chi connectivity index (χ1n) is 3.29. The Morgan fingerprint density at radius 1 is 1.58 bits per heavy atom. The third-order valence-corrected chi connectivity index (χ3v) is 1.84. The lowest BCUT2D eigenvalue weighted by atomic mass is 10.1. The van der Waals surface area contributed by atoms with Crippen molar-refractivity contribution in [3.63, 3.8) is 0 Å². The molecule has 0 aliphatic carbocycles. The zero-order valence-electron chi connectivity index (χ0n) is 6.38. The molecule has 12 heavy (non-hydrogen) atoms. The van der Waals surface area contributed by atoms with Crippen LogP contribution in [-0.4, -0.2) is 11.4 Å². The van der Waals surface area contributed by atoms with Crippen molar-refractivity contribution in [2.45, 2.75) is 6.92 Å². The van der Waals surface area contributed by atoms with Crippen LogP contribution in [0.25, 0.3) is 0 Å². The molecule has 0 heterocycles. The van der Waals surface area contributed by atoms with Crippen molar-refractivity contribution in [3.8, 4) is 0 Å². The summed E-state index contributed by atoms with van der Waals surface area (Å²) in [6, 6.07) is 3.11. The Morgan fingerprint density at radius 2 is 2.25 bits per heavy atom. The molecule has 0 aliphatic heterocycles. The highest BCUT2D eigenvalue weighted by atomic mass is 35.5. The van der Waals surface area contributed by atoms with E-state index in [1.54, 1.807) is 19.1 Å². The molecule has 0 saturated heterocycles. The zero-order valence-corrected chi connectivity index (χ0v) is 7.14. The Labute approximate surface area is 74.3 Å². The van der Waals surface area contributed by atoms with Gasteiger partial charge in [0.25, 0.3) is 0 Å². The average molecular weight is 188 g/mol. The quantitative estimate of drug-likeness (QED) is 0.409. The molecule has 64 valence electrons. The van der Waals surface area contributed by atoms with E-state index in [1.807, 2.05) is 0 Å². The highest BCUT2D eigenvalue weighted by molar-refractivity contribution is 6.33. The van der Waals surface area contributed by atoms with Crippen LogP contribution in [0.2, 0.25) is 5.02 Å². The predicted octanol–water partition coefficient (Wildman–Crippen LogP) is 2.60. The van der Waals surface area contributed by atoms with Crippen LogP contribution in [0.15, 0.2) is 17.3 Å². The standard InChI is InChI=1S/C8H7ClFNO/c1-5-2-3-7(9)6(4-11-12)8(5)10/h2-4,12H,1H3/b11-4+. The van der Waals surface area contributed by atoms with Gasteiger partial charge in [0.05, 0.1) is 16.8 Å². The largest absolute Gasteiger partial charge is 0.411 e. The van der Waals surface area contributed by atoms with Gasteiger partial charge >= 0.3 is 0 Å². The fraction of sp³-hybridized carbons (Fsp3) is 0.125. The summed E-state index contributed by atoms with van der Waals surface area (Å²) in [5.41, 5.74) is 0.577. The number of hydrogen-bond donors (Lipinski definition) is 1. The molecule has 0 atom stereocenters. The minimum absolute atomic E-state index is 0.110. The second-order valence-electron chi connectivity index (χ2n) is 2.34. The number of rotatable bonds is 1. The Balaban J connectivity index is 3.32. The third kappa shape index (κ3) is 1.56. The fourth-order valence-corrected chi connectivity index (χ4v) is 1.05. The van der Waals surface area contributed by atoms with E-state index < -0.39 is 5.82 Å². The van der Waals surface area contributed by atoms with Crippen molar-refractivity contribution in [2.24, 2.45) is 5.16 Å². The predicted molar refractivity (Wildman–Crippen MR) is 45.5 cm³/mol. The molecule has 1 N–H and O–H groups in total. The normalized spacial score (nSPS) is 10.9. The van der Waals surface area contributed by atoms with Crippen molar-refractivity contribution in [1.82, 2.24) is 0 Å². The van der Waals surface area contributed by atoms with Crippen molar-refractivity contribution >= 4 is 17.8 Å². The number of nitrogens with zero attached hydrogens (tertiary/aromatic N) is 1. The molecular formula is C8H7ClFNO. The molecule has 1 aromatic rings. The van der Waals surface area contributed by atoms with Gasteiger partial charge in [-0.05, 0) is 18.6 Å². The maximum absolute atomic E-state index is 13.2. The Hall–Kier alpha value is -1.09. The summed E-state index contributed by atoms with van der Waals surface area (Å²) in [4.78, 5) is 0. The molecule has 1 rings (SSSR count). The molecule has 0 fully saturated rings. The van der Waals surface area contributed by atoms with E-state index in [-0.39, 0.29) is 10.6 Å². The lowest BCUT2D eigenvalue weighted by Gasteiger charge is -2.01. The number of halogens is 2. The van der Waals surface area contributed by atoms with Gasteiger partial charge in [-0.25, -0.2) is 4.39 Å². The molecular weight excluding hydrogens is 181 g/mol. The van der Waals surface area contributed by atoms with Crippen LogP contribution in [0.3, 0.4) is 0 Å². The van der Waals surface area contributed by atoms with Gasteiger partial charge in [-0.3, -0.25) is 0 Å². The van der Waals surface area contributed by atoms with E-state index in [1.165, 1.54) is 0 Å². The van der Waals surface area contributed by atoms with Gasteiger partial charge in [0.1, 0.15) is 5.82 Å². The highest BCUT2D eigenvalue weighted by Crippen LogP contribution is 2.19. The molecule has 1 aromatic carbocycles. The van der Waals surface area contributed by atoms with Gasteiger partial charge in [0.2, 0.25) is 0 Å². The van der Waals surface area contributed by atoms with E-state index in [9.17, 15) is 4.39 Å². The minimum Gasteiger partial charge on any atom is -0.411 e. The summed E-state index contributed by atoms with van der Waals surface area (Å²) in [5.74, 6) is -0.458. The summed E-state index contributed by atoms with van der Waals surface area (Å²) >= 11 is 5.64. The Morgan fingerprint density at radius 3 is 2.83 bits per heavy atom. The summed E-state index contributed by atoms with van der Waals surface area (Å²) in [6.45, 7) is 1.61. The maximum Gasteiger partial charge on any atom is 0.136 e. The molecule has 0 aliphatic rings. The van der Waals surface area contributed by atoms with Crippen LogP contribution >= 0.6 is 11.6 Å². The van der Waals surface area contributed by atoms with Crippen LogP contribution in [0.5, 0.6) is 0 Å². The first-order chi connectivity index (χ1) is 5.66. The first-order valence-corrected chi connectivity index (χ1v) is 3.66. The molecule has 0 unspecified atom stereocenters. The van der Waals surface area contributed by atoms with Crippen LogP contribution in [0, 0.1) is 12.7 Å². The summed E-state index contributed by atoms with van der Waals surface area (Å²) in [6.07, 6.45) is 0.977. The Kier molecular flexibility index (Phi) is 2.65. The number of hydrogen-bond acceptors (Lipinski definition) is 2. The molecule has 0 radical (unpaired) electrons. The second kappa shape index (κ2) is 3.54. The van der Waals surface area contributed by atoms with Gasteiger partial charge in [0, 0.05) is 0 Å². The van der Waals surface area contributed by atoms with Crippen molar-refractivity contribution in [3.05, 3.63) is 34.1 Å². The molecule has 0 saturated carbocycles. The SMILES string of the molecule is Cc1ccc(Cl)c(/C=N/O)c1F. The number of aryl methyl sites for hydroxylation is 1. The van der Waals surface area contributed by atoms with Crippen molar-refractivity contribution in [2.75, 3.05) is 0 Å². The summed E-state index contributed by atoms with van der Waals surface area (Å²) in [5, 5.41) is 11.2.